The van der Waals surface area contributed by atoms with E-state index in [4.69, 9.17) is 20.1 Å². The van der Waals surface area contributed by atoms with Crippen LogP contribution in [-0.2, 0) is 28.6 Å². The molecule has 282 valence electrons. The van der Waals surface area contributed by atoms with Gasteiger partial charge in [-0.1, -0.05) is 142 Å². The van der Waals surface area contributed by atoms with E-state index in [1.165, 1.54) is 96.3 Å². The molecule has 0 saturated carbocycles. The quantitative estimate of drug-likeness (QED) is 0.0288. The molecule has 9 nitrogen and oxygen atoms in total. The van der Waals surface area contributed by atoms with Crippen molar-refractivity contribution in [3.05, 3.63) is 11.8 Å². The van der Waals surface area contributed by atoms with Gasteiger partial charge in [0.15, 0.2) is 5.78 Å². The molecule has 48 heavy (non-hydrogen) atoms. The highest BCUT2D eigenvalue weighted by Crippen LogP contribution is 2.14. The van der Waals surface area contributed by atoms with Crippen LogP contribution in [0, 0.1) is 0 Å². The fraction of sp³-hybridized carbons (Fsp3) is 0.872. The first-order valence-corrected chi connectivity index (χ1v) is 19.7. The Hall–Kier alpha value is -1.97. The Bertz CT molecular complexity index is 767. The molecule has 0 aromatic heterocycles. The van der Waals surface area contributed by atoms with Crippen molar-refractivity contribution < 1.29 is 28.6 Å². The molecule has 1 atom stereocenters. The van der Waals surface area contributed by atoms with E-state index in [1.54, 1.807) is 11.2 Å². The fourth-order valence-electron chi connectivity index (χ4n) is 5.54. The summed E-state index contributed by atoms with van der Waals surface area (Å²) in [6.07, 6.45) is 28.0. The second kappa shape index (κ2) is 34.9. The standard InChI is InChI=1S/C39H75N3O6/c1-5-8-10-12-14-16-18-20-22-24-26-36(43)33-47-37(32-42(41-40)31-35(4)28-29-39(45)46-30-7-3)34-48-38(44)27-25-23-21-19-17-15-13-11-9-6-2/h31,37,41H,5-30,32-34,40H2,1-4H3/b35-31+. The summed E-state index contributed by atoms with van der Waals surface area (Å²) < 4.78 is 16.8. The molecule has 0 radical (unpaired) electrons. The van der Waals surface area contributed by atoms with Crippen molar-refractivity contribution in [1.82, 2.24) is 10.5 Å². The third kappa shape index (κ3) is 31.3. The minimum absolute atomic E-state index is 0.0253. The number of esters is 2. The Kier molecular flexibility index (Phi) is 33.4. The van der Waals surface area contributed by atoms with Crippen molar-refractivity contribution in [3.63, 3.8) is 0 Å². The van der Waals surface area contributed by atoms with E-state index in [0.717, 1.165) is 44.1 Å². The molecule has 0 aromatic carbocycles. The molecule has 0 spiro atoms. The van der Waals surface area contributed by atoms with Gasteiger partial charge < -0.3 is 14.2 Å². The van der Waals surface area contributed by atoms with Gasteiger partial charge >= 0.3 is 11.9 Å². The molecule has 0 rings (SSSR count). The lowest BCUT2D eigenvalue weighted by atomic mass is 10.1. The summed E-state index contributed by atoms with van der Waals surface area (Å²) in [6, 6.07) is 0. The maximum atomic E-state index is 12.7. The number of rotatable bonds is 36. The van der Waals surface area contributed by atoms with E-state index in [0.29, 0.717) is 25.9 Å². The van der Waals surface area contributed by atoms with Gasteiger partial charge in [-0.15, -0.1) is 0 Å². The van der Waals surface area contributed by atoms with Gasteiger partial charge in [-0.2, -0.15) is 5.53 Å². The molecule has 9 heteroatoms. The summed E-state index contributed by atoms with van der Waals surface area (Å²) in [7, 11) is 0. The van der Waals surface area contributed by atoms with E-state index < -0.39 is 6.10 Å². The summed E-state index contributed by atoms with van der Waals surface area (Å²) in [5.41, 5.74) is 3.57. The van der Waals surface area contributed by atoms with Gasteiger partial charge in [-0.05, 0) is 32.6 Å². The maximum Gasteiger partial charge on any atom is 0.306 e. The molecule has 0 aromatic rings. The van der Waals surface area contributed by atoms with Gasteiger partial charge in [0.05, 0.1) is 13.2 Å². The zero-order valence-corrected chi connectivity index (χ0v) is 31.6. The predicted octanol–water partition coefficient (Wildman–Crippen LogP) is 9.42. The van der Waals surface area contributed by atoms with Crippen LogP contribution in [0.15, 0.2) is 11.8 Å². The molecule has 1 unspecified atom stereocenters. The van der Waals surface area contributed by atoms with E-state index in [1.807, 2.05) is 13.8 Å². The Morgan fingerprint density at radius 1 is 0.625 bits per heavy atom. The number of hydrogen-bond acceptors (Lipinski definition) is 9. The summed E-state index contributed by atoms with van der Waals surface area (Å²) in [5, 5.41) is 1.64. The average Bonchev–Trinajstić information content (AvgIpc) is 3.08. The second-order valence-electron chi connectivity index (χ2n) is 13.5. The van der Waals surface area contributed by atoms with Crippen molar-refractivity contribution in [2.45, 2.75) is 194 Å². The number of ether oxygens (including phenoxy) is 3. The van der Waals surface area contributed by atoms with Crippen molar-refractivity contribution in [2.24, 2.45) is 5.84 Å². The molecule has 0 amide bonds. The Morgan fingerprint density at radius 2 is 1.10 bits per heavy atom. The highest BCUT2D eigenvalue weighted by atomic mass is 16.6. The smallest absolute Gasteiger partial charge is 0.306 e. The molecule has 0 aliphatic rings. The first-order chi connectivity index (χ1) is 23.4. The molecule has 0 saturated heterocycles. The highest BCUT2D eigenvalue weighted by molar-refractivity contribution is 5.79. The topological polar surface area (TPSA) is 120 Å². The Morgan fingerprint density at radius 3 is 1.60 bits per heavy atom. The predicted molar refractivity (Wildman–Crippen MR) is 197 cm³/mol. The Labute approximate surface area is 294 Å². The lowest BCUT2D eigenvalue weighted by Crippen LogP contribution is -2.45. The van der Waals surface area contributed by atoms with Crippen molar-refractivity contribution in [3.8, 4) is 0 Å². The second-order valence-corrected chi connectivity index (χ2v) is 13.5. The van der Waals surface area contributed by atoms with Gasteiger partial charge in [0.2, 0.25) is 0 Å². The zero-order chi connectivity index (χ0) is 35.5. The van der Waals surface area contributed by atoms with Gasteiger partial charge in [0, 0.05) is 25.5 Å². The number of Topliss-reactive ketones (excluding diaryl/α,β-unsaturated/α-hetero) is 1. The lowest BCUT2D eigenvalue weighted by molar-refractivity contribution is -0.149. The lowest BCUT2D eigenvalue weighted by Gasteiger charge is -2.26. The summed E-state index contributed by atoms with van der Waals surface area (Å²) >= 11 is 0. The van der Waals surface area contributed by atoms with Crippen LogP contribution in [-0.4, -0.2) is 55.2 Å². The van der Waals surface area contributed by atoms with Gasteiger partial charge in [0.25, 0.3) is 0 Å². The third-order valence-corrected chi connectivity index (χ3v) is 8.59. The number of unbranched alkanes of at least 4 members (excludes halogenated alkanes) is 18. The molecule has 0 aliphatic carbocycles. The monoisotopic (exact) mass is 682 g/mol. The minimum Gasteiger partial charge on any atom is -0.466 e. The number of nitrogens with one attached hydrogen (secondary N) is 1. The largest absolute Gasteiger partial charge is 0.466 e. The molecule has 3 N–H and O–H groups in total. The normalized spacial score (nSPS) is 12.2. The molecule has 0 fully saturated rings. The van der Waals surface area contributed by atoms with Gasteiger partial charge in [0.1, 0.15) is 19.3 Å². The molecule has 0 bridgehead atoms. The van der Waals surface area contributed by atoms with Crippen molar-refractivity contribution in [1.29, 1.82) is 0 Å². The van der Waals surface area contributed by atoms with Crippen molar-refractivity contribution in [2.75, 3.05) is 26.4 Å². The number of carbonyl (C=O) groups is 3. The molecular formula is C39H75N3O6. The summed E-state index contributed by atoms with van der Waals surface area (Å²) in [4.78, 5) is 37.1. The molecule has 0 aliphatic heterocycles. The van der Waals surface area contributed by atoms with Gasteiger partial charge in [-0.3, -0.25) is 25.2 Å². The zero-order valence-electron chi connectivity index (χ0n) is 31.6. The summed E-state index contributed by atoms with van der Waals surface area (Å²) in [5.74, 6) is 5.39. The SMILES string of the molecule is CCCCCCCCCCCCC(=O)COC(COC(=O)CCCCCCCCCCCC)CN(/C=C(\C)CCC(=O)OCCC)NN. The van der Waals surface area contributed by atoms with Gasteiger partial charge in [-0.25, -0.2) is 0 Å². The number of nitrogens with zero attached hydrogens (tertiary/aromatic N) is 1. The van der Waals surface area contributed by atoms with E-state index in [-0.39, 0.29) is 43.9 Å². The van der Waals surface area contributed by atoms with Crippen LogP contribution < -0.4 is 11.4 Å². The van der Waals surface area contributed by atoms with Crippen LogP contribution in [0.25, 0.3) is 0 Å². The Balaban J connectivity index is 4.70. The first-order valence-electron chi connectivity index (χ1n) is 19.7. The number of hydrogen-bond donors (Lipinski definition) is 2. The van der Waals surface area contributed by atoms with Crippen LogP contribution >= 0.6 is 0 Å². The van der Waals surface area contributed by atoms with E-state index in [2.05, 4.69) is 19.4 Å². The van der Waals surface area contributed by atoms with Crippen LogP contribution in [0.5, 0.6) is 0 Å². The number of carbonyl (C=O) groups excluding carboxylic acids is 3. The third-order valence-electron chi connectivity index (χ3n) is 8.59. The highest BCUT2D eigenvalue weighted by Gasteiger charge is 2.18. The minimum atomic E-state index is -0.548. The van der Waals surface area contributed by atoms with Crippen LogP contribution in [0.2, 0.25) is 0 Å². The number of ketones is 1. The number of hydrazine groups is 2. The first kappa shape index (κ1) is 46.0. The summed E-state index contributed by atoms with van der Waals surface area (Å²) in [6.45, 7) is 9.06. The number of allylic oxidation sites excluding steroid dienone is 1. The van der Waals surface area contributed by atoms with E-state index in [9.17, 15) is 14.4 Å². The van der Waals surface area contributed by atoms with Crippen molar-refractivity contribution >= 4 is 17.7 Å². The van der Waals surface area contributed by atoms with E-state index >= 15 is 0 Å². The molecule has 0 heterocycles. The van der Waals surface area contributed by atoms with Crippen LogP contribution in [0.1, 0.15) is 188 Å². The fourth-order valence-corrected chi connectivity index (χ4v) is 5.54. The number of nitrogens with two attached hydrogens (primary N) is 1. The maximum absolute atomic E-state index is 12.7. The molecular weight excluding hydrogens is 606 g/mol. The van der Waals surface area contributed by atoms with Crippen LogP contribution in [0.3, 0.4) is 0 Å². The average molecular weight is 682 g/mol. The van der Waals surface area contributed by atoms with Crippen LogP contribution in [0.4, 0.5) is 0 Å².